The van der Waals surface area contributed by atoms with E-state index in [1.807, 2.05) is 0 Å². The van der Waals surface area contributed by atoms with Gasteiger partial charge in [0.2, 0.25) is 0 Å². The van der Waals surface area contributed by atoms with Crippen molar-refractivity contribution in [3.63, 3.8) is 0 Å². The molecule has 0 aromatic rings. The molecule has 2 heteroatoms. The molecule has 4 rings (SSSR count). The molecule has 0 saturated heterocycles. The molecule has 4 fully saturated rings. The summed E-state index contributed by atoms with van der Waals surface area (Å²) in [5.41, 5.74) is 0.616. The second-order valence-electron chi connectivity index (χ2n) is 9.77. The summed E-state index contributed by atoms with van der Waals surface area (Å²) < 4.78 is 0. The van der Waals surface area contributed by atoms with Gasteiger partial charge in [-0.05, 0) is 66.7 Å². The van der Waals surface area contributed by atoms with Crippen molar-refractivity contribution in [1.29, 1.82) is 0 Å². The largest absolute Gasteiger partial charge is 0.315 e. The third-order valence-corrected chi connectivity index (χ3v) is 8.25. The fourth-order valence-corrected chi connectivity index (χ4v) is 6.03. The van der Waals surface area contributed by atoms with E-state index in [1.165, 1.54) is 38.6 Å². The van der Waals surface area contributed by atoms with Crippen LogP contribution in [-0.2, 0) is 0 Å². The Morgan fingerprint density at radius 3 is 2.48 bits per heavy atom. The second kappa shape index (κ2) is 7.04. The molecule has 2 nitrogen and oxygen atoms in total. The molecule has 2 N–H and O–H groups in total. The summed E-state index contributed by atoms with van der Waals surface area (Å²) in [4.78, 5) is 0. The monoisotopic (exact) mass is 320 g/mol. The third kappa shape index (κ3) is 3.49. The molecule has 0 heterocycles. The smallest absolute Gasteiger partial charge is 0.00957 e. The molecule has 0 aliphatic heterocycles. The first-order valence-corrected chi connectivity index (χ1v) is 10.3. The topological polar surface area (TPSA) is 24.1 Å². The Kier molecular flexibility index (Phi) is 5.43. The number of rotatable bonds is 6. The summed E-state index contributed by atoms with van der Waals surface area (Å²) in [6.07, 6.45) is 7.18. The molecule has 4 aliphatic rings. The SMILES string of the molecule is CC1CCCC(NCCNC[C@@H]2[C@@H](C)C[C@H]3C[C@@H]2C3(C)C)C1C. The Balaban J connectivity index is 1.35. The molecule has 4 saturated carbocycles. The quantitative estimate of drug-likeness (QED) is 0.713. The summed E-state index contributed by atoms with van der Waals surface area (Å²) in [6, 6.07) is 0.750. The van der Waals surface area contributed by atoms with E-state index >= 15 is 0 Å². The summed E-state index contributed by atoms with van der Waals surface area (Å²) in [5.74, 6) is 5.54. The van der Waals surface area contributed by atoms with Crippen molar-refractivity contribution in [3.05, 3.63) is 0 Å². The predicted molar refractivity (Wildman–Crippen MR) is 99.5 cm³/mol. The first-order chi connectivity index (χ1) is 10.9. The fourth-order valence-electron chi connectivity index (χ4n) is 6.03. The number of hydrogen-bond donors (Lipinski definition) is 2. The van der Waals surface area contributed by atoms with Gasteiger partial charge in [0.05, 0.1) is 0 Å². The normalized spacial score (nSPS) is 45.5. The zero-order chi connectivity index (χ0) is 16.6. The van der Waals surface area contributed by atoms with E-state index in [2.05, 4.69) is 45.3 Å². The van der Waals surface area contributed by atoms with Gasteiger partial charge in [-0.1, -0.05) is 47.5 Å². The van der Waals surface area contributed by atoms with Gasteiger partial charge in [0, 0.05) is 19.1 Å². The lowest BCUT2D eigenvalue weighted by Gasteiger charge is -2.62. The predicted octanol–water partition coefficient (Wildman–Crippen LogP) is 4.31. The van der Waals surface area contributed by atoms with Crippen LogP contribution in [0, 0.1) is 40.9 Å². The van der Waals surface area contributed by atoms with Gasteiger partial charge in [-0.25, -0.2) is 0 Å². The van der Waals surface area contributed by atoms with Crippen LogP contribution in [0.15, 0.2) is 0 Å². The van der Waals surface area contributed by atoms with Crippen LogP contribution in [0.3, 0.4) is 0 Å². The van der Waals surface area contributed by atoms with Crippen molar-refractivity contribution in [1.82, 2.24) is 10.6 Å². The van der Waals surface area contributed by atoms with Crippen molar-refractivity contribution >= 4 is 0 Å². The maximum Gasteiger partial charge on any atom is 0.00957 e. The zero-order valence-corrected chi connectivity index (χ0v) is 16.2. The molecule has 134 valence electrons. The van der Waals surface area contributed by atoms with E-state index in [9.17, 15) is 0 Å². The highest BCUT2D eigenvalue weighted by molar-refractivity contribution is 5.05. The second-order valence-corrected chi connectivity index (χ2v) is 9.77. The number of fused-ring (bicyclic) bond motifs is 2. The molecule has 3 unspecified atom stereocenters. The van der Waals surface area contributed by atoms with Crippen molar-refractivity contribution in [2.24, 2.45) is 40.9 Å². The van der Waals surface area contributed by atoms with Crippen LogP contribution in [-0.4, -0.2) is 25.7 Å². The molecular formula is C21H40N2. The summed E-state index contributed by atoms with van der Waals surface area (Å²) in [5, 5.41) is 7.61. The van der Waals surface area contributed by atoms with Gasteiger partial charge in [0.1, 0.15) is 0 Å². The molecule has 4 aliphatic carbocycles. The molecule has 7 atom stereocenters. The highest BCUT2D eigenvalue weighted by atomic mass is 15.0. The minimum Gasteiger partial charge on any atom is -0.315 e. The Hall–Kier alpha value is -0.0800. The van der Waals surface area contributed by atoms with Gasteiger partial charge in [-0.2, -0.15) is 0 Å². The Morgan fingerprint density at radius 1 is 0.957 bits per heavy atom. The van der Waals surface area contributed by atoms with E-state index in [1.54, 1.807) is 0 Å². The Bertz CT molecular complexity index is 391. The van der Waals surface area contributed by atoms with E-state index in [0.717, 1.165) is 54.6 Å². The maximum atomic E-state index is 3.83. The maximum absolute atomic E-state index is 3.83. The number of nitrogens with one attached hydrogen (secondary N) is 2. The molecule has 0 spiro atoms. The Morgan fingerprint density at radius 2 is 1.74 bits per heavy atom. The summed E-state index contributed by atoms with van der Waals surface area (Å²) in [7, 11) is 0. The molecule has 0 aromatic heterocycles. The van der Waals surface area contributed by atoms with Gasteiger partial charge >= 0.3 is 0 Å². The highest BCUT2D eigenvalue weighted by Crippen LogP contribution is 2.62. The summed E-state index contributed by atoms with van der Waals surface area (Å²) >= 11 is 0. The van der Waals surface area contributed by atoms with Crippen molar-refractivity contribution < 1.29 is 0 Å². The molecule has 0 radical (unpaired) electrons. The van der Waals surface area contributed by atoms with Crippen molar-refractivity contribution in [3.8, 4) is 0 Å². The van der Waals surface area contributed by atoms with Gasteiger partial charge in [-0.3, -0.25) is 0 Å². The van der Waals surface area contributed by atoms with Crippen molar-refractivity contribution in [2.45, 2.75) is 72.8 Å². The van der Waals surface area contributed by atoms with Crippen LogP contribution in [0.25, 0.3) is 0 Å². The van der Waals surface area contributed by atoms with E-state index in [-0.39, 0.29) is 0 Å². The lowest BCUT2D eigenvalue weighted by molar-refractivity contribution is -0.129. The van der Waals surface area contributed by atoms with Crippen LogP contribution in [0.2, 0.25) is 0 Å². The average molecular weight is 321 g/mol. The highest BCUT2D eigenvalue weighted by Gasteiger charge is 2.56. The lowest BCUT2D eigenvalue weighted by atomic mass is 9.43. The molecule has 0 amide bonds. The van der Waals surface area contributed by atoms with Crippen LogP contribution in [0.4, 0.5) is 0 Å². The van der Waals surface area contributed by atoms with E-state index in [4.69, 9.17) is 0 Å². The molecule has 0 aromatic carbocycles. The minimum atomic E-state index is 0.616. The van der Waals surface area contributed by atoms with Crippen LogP contribution in [0.1, 0.15) is 66.7 Å². The molecule has 23 heavy (non-hydrogen) atoms. The minimum absolute atomic E-state index is 0.616. The van der Waals surface area contributed by atoms with Crippen LogP contribution < -0.4 is 10.6 Å². The van der Waals surface area contributed by atoms with Gasteiger partial charge in [-0.15, -0.1) is 0 Å². The summed E-state index contributed by atoms with van der Waals surface area (Å²) in [6.45, 7) is 15.9. The zero-order valence-electron chi connectivity index (χ0n) is 16.2. The first-order valence-electron chi connectivity index (χ1n) is 10.3. The van der Waals surface area contributed by atoms with Crippen LogP contribution in [0.5, 0.6) is 0 Å². The lowest BCUT2D eigenvalue weighted by Crippen LogP contribution is -2.57. The van der Waals surface area contributed by atoms with Gasteiger partial charge in [0.15, 0.2) is 0 Å². The Labute approximate surface area is 144 Å². The van der Waals surface area contributed by atoms with Crippen molar-refractivity contribution in [2.75, 3.05) is 19.6 Å². The van der Waals surface area contributed by atoms with Crippen LogP contribution >= 0.6 is 0 Å². The van der Waals surface area contributed by atoms with E-state index < -0.39 is 0 Å². The molecular weight excluding hydrogens is 280 g/mol. The van der Waals surface area contributed by atoms with Gasteiger partial charge < -0.3 is 10.6 Å². The first kappa shape index (κ1) is 17.7. The third-order valence-electron chi connectivity index (χ3n) is 8.25. The number of hydrogen-bond acceptors (Lipinski definition) is 2. The van der Waals surface area contributed by atoms with Gasteiger partial charge in [0.25, 0.3) is 0 Å². The van der Waals surface area contributed by atoms with E-state index in [0.29, 0.717) is 5.41 Å². The standard InChI is InChI=1S/C21H40N2/c1-14-7-6-8-20(16(14)3)23-10-9-22-13-18-15(2)11-17-12-19(18)21(17,4)5/h14-20,22-23H,6-13H2,1-5H3/t14?,15-,16?,17-,18+,19-,20?/m0/s1. The fraction of sp³-hybridized carbons (Fsp3) is 1.00. The molecule has 2 bridgehead atoms. The average Bonchev–Trinajstić information content (AvgIpc) is 2.51.